The molecule has 0 atom stereocenters. The zero-order chi connectivity index (χ0) is 16.7. The molecule has 0 fully saturated rings. The molecular weight excluding hydrogens is 308 g/mol. The molecule has 4 aromatic rings. The Balaban J connectivity index is 1.88. The molecule has 24 heavy (non-hydrogen) atoms. The van der Waals surface area contributed by atoms with E-state index in [2.05, 4.69) is 15.1 Å². The molecule has 0 radical (unpaired) electrons. The molecule has 8 heteroatoms. The fourth-order valence-corrected chi connectivity index (χ4v) is 2.63. The second-order valence-corrected chi connectivity index (χ2v) is 5.36. The summed E-state index contributed by atoms with van der Waals surface area (Å²) < 4.78 is 3.60. The fraction of sp³-hybridized carbons (Fsp3) is 0.0625. The monoisotopic (exact) mass is 320 g/mol. The molecule has 1 aromatic carbocycles. The summed E-state index contributed by atoms with van der Waals surface area (Å²) in [7, 11) is 0. The first kappa shape index (κ1) is 14.1. The van der Waals surface area contributed by atoms with Gasteiger partial charge in [0.25, 0.3) is 5.69 Å². The molecule has 0 unspecified atom stereocenters. The lowest BCUT2D eigenvalue weighted by Crippen LogP contribution is -1.98. The molecule has 0 aliphatic heterocycles. The maximum Gasteiger partial charge on any atom is 0.271 e. The van der Waals surface area contributed by atoms with Crippen molar-refractivity contribution in [1.82, 2.24) is 24.1 Å². The number of rotatable bonds is 3. The smallest absolute Gasteiger partial charge is 0.271 e. The molecular formula is C16H12N6O2. The Morgan fingerprint density at radius 1 is 1.12 bits per heavy atom. The summed E-state index contributed by atoms with van der Waals surface area (Å²) in [5.74, 6) is 0. The third-order valence-electron chi connectivity index (χ3n) is 3.84. The van der Waals surface area contributed by atoms with Crippen molar-refractivity contribution in [3.8, 4) is 16.9 Å². The van der Waals surface area contributed by atoms with Crippen molar-refractivity contribution in [2.75, 3.05) is 0 Å². The molecule has 0 aliphatic carbocycles. The van der Waals surface area contributed by atoms with Crippen LogP contribution in [0.3, 0.4) is 0 Å². The van der Waals surface area contributed by atoms with Crippen LogP contribution in [0.15, 0.2) is 55.4 Å². The van der Waals surface area contributed by atoms with Gasteiger partial charge in [-0.25, -0.2) is 14.5 Å². The number of non-ortho nitro benzene ring substituents is 1. The van der Waals surface area contributed by atoms with Crippen LogP contribution in [0.5, 0.6) is 0 Å². The topological polar surface area (TPSA) is 91.2 Å². The average molecular weight is 320 g/mol. The summed E-state index contributed by atoms with van der Waals surface area (Å²) >= 11 is 0. The van der Waals surface area contributed by atoms with E-state index in [1.807, 2.05) is 23.8 Å². The van der Waals surface area contributed by atoms with Crippen LogP contribution in [-0.4, -0.2) is 29.1 Å². The van der Waals surface area contributed by atoms with Gasteiger partial charge in [-0.2, -0.15) is 5.10 Å². The molecule has 118 valence electrons. The lowest BCUT2D eigenvalue weighted by Gasteiger charge is -2.07. The van der Waals surface area contributed by atoms with Crippen LogP contribution in [0.4, 0.5) is 5.69 Å². The maximum atomic E-state index is 11.1. The van der Waals surface area contributed by atoms with Gasteiger partial charge in [-0.3, -0.25) is 14.7 Å². The van der Waals surface area contributed by atoms with Crippen LogP contribution in [0, 0.1) is 17.0 Å². The van der Waals surface area contributed by atoms with Crippen LogP contribution in [-0.2, 0) is 0 Å². The Labute approximate surface area is 136 Å². The Bertz CT molecular complexity index is 1050. The molecule has 8 nitrogen and oxygen atoms in total. The molecule has 0 spiro atoms. The number of benzene rings is 1. The minimum Gasteiger partial charge on any atom is -0.300 e. The normalized spacial score (nSPS) is 11.0. The summed E-state index contributed by atoms with van der Waals surface area (Å²) in [5.41, 5.74) is 4.09. The summed E-state index contributed by atoms with van der Waals surface area (Å²) in [6.07, 6.45) is 8.49. The highest BCUT2D eigenvalue weighted by atomic mass is 16.6. The van der Waals surface area contributed by atoms with E-state index in [0.717, 1.165) is 28.2 Å². The highest BCUT2D eigenvalue weighted by molar-refractivity contribution is 5.65. The number of aryl methyl sites for hydroxylation is 1. The number of hydrogen-bond donors (Lipinski definition) is 0. The van der Waals surface area contributed by atoms with Gasteiger partial charge in [-0.1, -0.05) is 6.07 Å². The van der Waals surface area contributed by atoms with Crippen LogP contribution in [0.25, 0.3) is 22.6 Å². The lowest BCUT2D eigenvalue weighted by molar-refractivity contribution is -0.384. The van der Waals surface area contributed by atoms with E-state index in [-0.39, 0.29) is 5.69 Å². The Morgan fingerprint density at radius 3 is 2.67 bits per heavy atom. The predicted octanol–water partition coefficient (Wildman–Crippen LogP) is 2.80. The summed E-state index contributed by atoms with van der Waals surface area (Å²) in [6, 6.07) is 6.71. The van der Waals surface area contributed by atoms with E-state index in [0.29, 0.717) is 0 Å². The minimum atomic E-state index is -0.396. The van der Waals surface area contributed by atoms with Gasteiger partial charge in [0.2, 0.25) is 0 Å². The molecule has 0 aliphatic rings. The highest BCUT2D eigenvalue weighted by Crippen LogP contribution is 2.25. The van der Waals surface area contributed by atoms with E-state index in [9.17, 15) is 10.1 Å². The van der Waals surface area contributed by atoms with Gasteiger partial charge in [0.05, 0.1) is 16.3 Å². The van der Waals surface area contributed by atoms with Crippen LogP contribution >= 0.6 is 0 Å². The lowest BCUT2D eigenvalue weighted by atomic mass is 10.2. The first-order valence-electron chi connectivity index (χ1n) is 7.21. The number of fused-ring (bicyclic) bond motifs is 1. The predicted molar refractivity (Wildman–Crippen MR) is 86.9 cm³/mol. The van der Waals surface area contributed by atoms with Crippen molar-refractivity contribution in [2.24, 2.45) is 0 Å². The summed E-state index contributed by atoms with van der Waals surface area (Å²) in [6.45, 7) is 1.91. The van der Waals surface area contributed by atoms with Crippen LogP contribution in [0.2, 0.25) is 0 Å². The van der Waals surface area contributed by atoms with E-state index >= 15 is 0 Å². The molecule has 3 aromatic heterocycles. The van der Waals surface area contributed by atoms with Crippen molar-refractivity contribution in [3.63, 3.8) is 0 Å². The molecule has 0 saturated heterocycles. The Kier molecular flexibility index (Phi) is 3.09. The van der Waals surface area contributed by atoms with Gasteiger partial charge < -0.3 is 0 Å². The number of hydrogen-bond acceptors (Lipinski definition) is 5. The maximum absolute atomic E-state index is 11.1. The van der Waals surface area contributed by atoms with Gasteiger partial charge in [0.1, 0.15) is 12.0 Å². The van der Waals surface area contributed by atoms with Crippen molar-refractivity contribution in [2.45, 2.75) is 6.92 Å². The zero-order valence-corrected chi connectivity index (χ0v) is 12.7. The zero-order valence-electron chi connectivity index (χ0n) is 12.7. The second kappa shape index (κ2) is 5.27. The van der Waals surface area contributed by atoms with Crippen molar-refractivity contribution < 1.29 is 4.92 Å². The molecule has 0 bridgehead atoms. The number of nitro groups is 1. The van der Waals surface area contributed by atoms with E-state index in [4.69, 9.17) is 0 Å². The fourth-order valence-electron chi connectivity index (χ4n) is 2.63. The largest absolute Gasteiger partial charge is 0.300 e. The number of aromatic nitrogens is 5. The number of imidazole rings is 1. The molecule has 4 rings (SSSR count). The molecule has 0 amide bonds. The van der Waals surface area contributed by atoms with E-state index in [1.54, 1.807) is 35.2 Å². The standard InChI is InChI=1S/C16H12N6O2/c1-11-2-3-13(22(23)24)6-15(11)20-4-5-21-16(20)7-14(19-21)12-8-17-10-18-9-12/h2-10H,1H3. The number of nitro benzene ring substituents is 1. The Morgan fingerprint density at radius 2 is 1.92 bits per heavy atom. The first-order chi connectivity index (χ1) is 11.6. The van der Waals surface area contributed by atoms with Crippen LogP contribution in [0.1, 0.15) is 5.56 Å². The minimum absolute atomic E-state index is 0.0543. The Hall–Kier alpha value is -3.55. The van der Waals surface area contributed by atoms with Gasteiger partial charge >= 0.3 is 0 Å². The van der Waals surface area contributed by atoms with Gasteiger partial charge in [-0.15, -0.1) is 0 Å². The van der Waals surface area contributed by atoms with Gasteiger partial charge in [0, 0.05) is 48.5 Å². The third kappa shape index (κ3) is 2.21. The summed E-state index contributed by atoms with van der Waals surface area (Å²) in [4.78, 5) is 18.7. The molecule has 3 heterocycles. The third-order valence-corrected chi connectivity index (χ3v) is 3.84. The van der Waals surface area contributed by atoms with Gasteiger partial charge in [-0.05, 0) is 12.5 Å². The van der Waals surface area contributed by atoms with E-state index < -0.39 is 4.92 Å². The quantitative estimate of drug-likeness (QED) is 0.427. The van der Waals surface area contributed by atoms with E-state index in [1.165, 1.54) is 12.4 Å². The first-order valence-corrected chi connectivity index (χ1v) is 7.21. The highest BCUT2D eigenvalue weighted by Gasteiger charge is 2.14. The van der Waals surface area contributed by atoms with Crippen molar-refractivity contribution >= 4 is 11.3 Å². The van der Waals surface area contributed by atoms with Crippen molar-refractivity contribution in [1.29, 1.82) is 0 Å². The molecule has 0 N–H and O–H groups in total. The number of nitrogens with zero attached hydrogens (tertiary/aromatic N) is 6. The van der Waals surface area contributed by atoms with Gasteiger partial charge in [0.15, 0.2) is 0 Å². The van der Waals surface area contributed by atoms with Crippen molar-refractivity contribution in [3.05, 3.63) is 71.1 Å². The second-order valence-electron chi connectivity index (χ2n) is 5.36. The van der Waals surface area contributed by atoms with Crippen LogP contribution < -0.4 is 0 Å². The average Bonchev–Trinajstić information content (AvgIpc) is 3.16. The summed E-state index contributed by atoms with van der Waals surface area (Å²) in [5, 5.41) is 15.5. The molecule has 0 saturated carbocycles. The SMILES string of the molecule is Cc1ccc([N+](=O)[O-])cc1-n1ccn2nc(-c3cncnc3)cc12.